The van der Waals surface area contributed by atoms with E-state index in [0.717, 1.165) is 11.3 Å². The van der Waals surface area contributed by atoms with Gasteiger partial charge in [-0.15, -0.1) is 0 Å². The predicted molar refractivity (Wildman–Crippen MR) is 93.2 cm³/mol. The number of carbonyl (C=O) groups excluding carboxylic acids is 1. The van der Waals surface area contributed by atoms with Gasteiger partial charge in [-0.25, -0.2) is 9.07 Å². The molecule has 0 radical (unpaired) electrons. The van der Waals surface area contributed by atoms with Gasteiger partial charge in [0.15, 0.2) is 0 Å². The second-order valence-corrected chi connectivity index (χ2v) is 5.96. The van der Waals surface area contributed by atoms with Crippen LogP contribution in [0.2, 0.25) is 0 Å². The Morgan fingerprint density at radius 2 is 1.92 bits per heavy atom. The average Bonchev–Trinajstić information content (AvgIpc) is 3.30. The molecule has 0 aliphatic rings. The van der Waals surface area contributed by atoms with Gasteiger partial charge in [-0.1, -0.05) is 0 Å². The molecule has 0 bridgehead atoms. The van der Waals surface area contributed by atoms with Gasteiger partial charge in [0.25, 0.3) is 5.91 Å². The minimum Gasteiger partial charge on any atom is -0.337 e. The highest BCUT2D eigenvalue weighted by Gasteiger charge is 2.14. The average molecular weight is 350 g/mol. The van der Waals surface area contributed by atoms with Crippen LogP contribution in [0.15, 0.2) is 54.9 Å². The van der Waals surface area contributed by atoms with Crippen molar-refractivity contribution in [3.8, 4) is 5.69 Å². The van der Waals surface area contributed by atoms with E-state index in [1.165, 1.54) is 12.1 Å². The lowest BCUT2D eigenvalue weighted by atomic mass is 10.1. The molecule has 1 amide bonds. The van der Waals surface area contributed by atoms with Crippen LogP contribution in [0.4, 0.5) is 4.39 Å². The number of hydrogen-bond acceptors (Lipinski definition) is 4. The van der Waals surface area contributed by atoms with Gasteiger partial charge in [0, 0.05) is 30.9 Å². The fourth-order valence-corrected chi connectivity index (χ4v) is 2.72. The molecule has 0 saturated carbocycles. The summed E-state index contributed by atoms with van der Waals surface area (Å²) in [6.07, 6.45) is 3.51. The van der Waals surface area contributed by atoms with Crippen molar-refractivity contribution in [2.75, 3.05) is 7.05 Å². The number of aromatic amines is 1. The van der Waals surface area contributed by atoms with Crippen LogP contribution in [0.3, 0.4) is 0 Å². The summed E-state index contributed by atoms with van der Waals surface area (Å²) in [5.74, 6) is -0.417. The number of nitrogens with one attached hydrogen (secondary N) is 1. The van der Waals surface area contributed by atoms with Crippen molar-refractivity contribution < 1.29 is 9.18 Å². The molecule has 0 saturated heterocycles. The summed E-state index contributed by atoms with van der Waals surface area (Å²) in [6.45, 7) is 0.400. The number of nitrogens with zero attached hydrogens (tertiary/aromatic N) is 5. The lowest BCUT2D eigenvalue weighted by molar-refractivity contribution is 0.0785. The first kappa shape index (κ1) is 15.9. The molecule has 0 unspecified atom stereocenters. The highest BCUT2D eigenvalue weighted by atomic mass is 19.1. The highest BCUT2D eigenvalue weighted by Crippen LogP contribution is 2.15. The molecule has 130 valence electrons. The Morgan fingerprint density at radius 3 is 2.73 bits per heavy atom. The number of hydrogen-bond donors (Lipinski definition) is 1. The molecule has 2 heterocycles. The van der Waals surface area contributed by atoms with Gasteiger partial charge in [0.05, 0.1) is 11.9 Å². The monoisotopic (exact) mass is 350 g/mol. The SMILES string of the molecule is CN(Cc1cnn(-c2ccc(F)cc2)c1)C(=O)c1ccc2n[nH]nc2c1. The van der Waals surface area contributed by atoms with Crippen molar-refractivity contribution in [1.29, 1.82) is 0 Å². The zero-order chi connectivity index (χ0) is 18.1. The smallest absolute Gasteiger partial charge is 0.253 e. The molecule has 0 aliphatic carbocycles. The molecule has 2 aromatic carbocycles. The van der Waals surface area contributed by atoms with Crippen LogP contribution in [0.5, 0.6) is 0 Å². The summed E-state index contributed by atoms with van der Waals surface area (Å²) in [6, 6.07) is 11.2. The van der Waals surface area contributed by atoms with Gasteiger partial charge >= 0.3 is 0 Å². The van der Waals surface area contributed by atoms with Crippen LogP contribution in [-0.4, -0.2) is 43.0 Å². The summed E-state index contributed by atoms with van der Waals surface area (Å²) in [7, 11) is 1.73. The minimum absolute atomic E-state index is 0.121. The third kappa shape index (κ3) is 3.04. The van der Waals surface area contributed by atoms with E-state index in [9.17, 15) is 9.18 Å². The zero-order valence-electron chi connectivity index (χ0n) is 13.9. The van der Waals surface area contributed by atoms with E-state index in [2.05, 4.69) is 20.5 Å². The van der Waals surface area contributed by atoms with Gasteiger partial charge in [0.1, 0.15) is 16.9 Å². The van der Waals surface area contributed by atoms with Gasteiger partial charge in [-0.2, -0.15) is 20.5 Å². The van der Waals surface area contributed by atoms with E-state index in [-0.39, 0.29) is 11.7 Å². The molecule has 0 fully saturated rings. The lowest BCUT2D eigenvalue weighted by Gasteiger charge is -2.16. The van der Waals surface area contributed by atoms with Crippen molar-refractivity contribution in [1.82, 2.24) is 30.1 Å². The van der Waals surface area contributed by atoms with E-state index >= 15 is 0 Å². The largest absolute Gasteiger partial charge is 0.337 e. The van der Waals surface area contributed by atoms with Crippen LogP contribution in [0.1, 0.15) is 15.9 Å². The molecule has 7 nitrogen and oxygen atoms in total. The number of aromatic nitrogens is 5. The molecule has 0 aliphatic heterocycles. The Labute approximate surface area is 148 Å². The highest BCUT2D eigenvalue weighted by molar-refractivity contribution is 5.97. The molecule has 8 heteroatoms. The molecule has 4 rings (SSSR count). The Morgan fingerprint density at radius 1 is 1.15 bits per heavy atom. The molecular formula is C18H15FN6O. The van der Waals surface area contributed by atoms with E-state index in [1.807, 2.05) is 6.20 Å². The van der Waals surface area contributed by atoms with Crippen molar-refractivity contribution in [3.05, 3.63) is 71.8 Å². The zero-order valence-corrected chi connectivity index (χ0v) is 13.9. The first-order valence-electron chi connectivity index (χ1n) is 7.95. The van der Waals surface area contributed by atoms with Gasteiger partial charge in [-0.05, 0) is 42.5 Å². The fourth-order valence-electron chi connectivity index (χ4n) is 2.72. The Balaban J connectivity index is 1.49. The van der Waals surface area contributed by atoms with Crippen LogP contribution < -0.4 is 0 Å². The van der Waals surface area contributed by atoms with Crippen molar-refractivity contribution in [2.24, 2.45) is 0 Å². The maximum absolute atomic E-state index is 13.0. The number of fused-ring (bicyclic) bond motifs is 1. The van der Waals surface area contributed by atoms with Gasteiger partial charge in [0.2, 0.25) is 0 Å². The van der Waals surface area contributed by atoms with Crippen LogP contribution in [0, 0.1) is 5.82 Å². The van der Waals surface area contributed by atoms with Gasteiger partial charge < -0.3 is 4.90 Å². The maximum Gasteiger partial charge on any atom is 0.253 e. The summed E-state index contributed by atoms with van der Waals surface area (Å²) in [4.78, 5) is 14.2. The van der Waals surface area contributed by atoms with Crippen molar-refractivity contribution in [3.63, 3.8) is 0 Å². The standard InChI is InChI=1S/C18H15FN6O/c1-24(18(26)13-2-7-16-17(8-13)22-23-21-16)10-12-9-20-25(11-12)15-5-3-14(19)4-6-15/h2-9,11H,10H2,1H3,(H,21,22,23). The van der Waals surface area contributed by atoms with E-state index in [1.54, 1.807) is 53.2 Å². The van der Waals surface area contributed by atoms with Crippen LogP contribution in [0.25, 0.3) is 16.7 Å². The molecular weight excluding hydrogens is 335 g/mol. The summed E-state index contributed by atoms with van der Waals surface area (Å²) < 4.78 is 14.7. The number of benzene rings is 2. The fraction of sp³-hybridized carbons (Fsp3) is 0.111. The topological polar surface area (TPSA) is 79.7 Å². The number of carbonyl (C=O) groups is 1. The molecule has 0 atom stereocenters. The molecule has 2 aromatic heterocycles. The third-order valence-electron chi connectivity index (χ3n) is 4.06. The lowest BCUT2D eigenvalue weighted by Crippen LogP contribution is -2.26. The van der Waals surface area contributed by atoms with Crippen molar-refractivity contribution >= 4 is 16.9 Å². The molecule has 26 heavy (non-hydrogen) atoms. The Bertz CT molecular complexity index is 1070. The van der Waals surface area contributed by atoms with E-state index < -0.39 is 0 Å². The quantitative estimate of drug-likeness (QED) is 0.613. The summed E-state index contributed by atoms with van der Waals surface area (Å²) in [5, 5.41) is 14.8. The summed E-state index contributed by atoms with van der Waals surface area (Å²) >= 11 is 0. The number of halogens is 1. The van der Waals surface area contributed by atoms with Crippen LogP contribution >= 0.6 is 0 Å². The third-order valence-corrected chi connectivity index (χ3v) is 4.06. The number of amides is 1. The molecule has 0 spiro atoms. The maximum atomic E-state index is 13.0. The molecule has 4 aromatic rings. The minimum atomic E-state index is -0.296. The second kappa shape index (κ2) is 6.40. The first-order chi connectivity index (χ1) is 12.6. The second-order valence-electron chi connectivity index (χ2n) is 5.96. The van der Waals surface area contributed by atoms with E-state index in [0.29, 0.717) is 23.1 Å². The Hall–Kier alpha value is -3.55. The predicted octanol–water partition coefficient (Wildman–Crippen LogP) is 2.55. The Kier molecular flexibility index (Phi) is 3.92. The normalized spacial score (nSPS) is 11.0. The summed E-state index contributed by atoms with van der Waals surface area (Å²) in [5.41, 5.74) is 3.52. The number of H-pyrrole nitrogens is 1. The first-order valence-corrected chi connectivity index (χ1v) is 7.95. The van der Waals surface area contributed by atoms with Gasteiger partial charge in [-0.3, -0.25) is 4.79 Å². The van der Waals surface area contributed by atoms with Crippen LogP contribution in [-0.2, 0) is 6.54 Å². The number of rotatable bonds is 4. The molecule has 1 N–H and O–H groups in total. The van der Waals surface area contributed by atoms with Crippen molar-refractivity contribution in [2.45, 2.75) is 6.54 Å². The van der Waals surface area contributed by atoms with E-state index in [4.69, 9.17) is 0 Å².